The van der Waals surface area contributed by atoms with Crippen LogP contribution < -0.4 is 15.0 Å². The van der Waals surface area contributed by atoms with E-state index in [1.165, 1.54) is 6.08 Å². The predicted octanol–water partition coefficient (Wildman–Crippen LogP) is 3.83. The molecular formula is C18H12Cl2N2O3S. The van der Waals surface area contributed by atoms with Crippen molar-refractivity contribution in [3.63, 3.8) is 0 Å². The number of nitrogens with zero attached hydrogens (tertiary/aromatic N) is 1. The van der Waals surface area contributed by atoms with Gasteiger partial charge in [-0.15, -0.1) is 0 Å². The molecule has 2 aromatic carbocycles. The van der Waals surface area contributed by atoms with Crippen LogP contribution in [0.5, 0.6) is 5.75 Å². The maximum atomic E-state index is 12.9. The van der Waals surface area contributed by atoms with Gasteiger partial charge >= 0.3 is 0 Å². The first-order valence-electron chi connectivity index (χ1n) is 7.42. The zero-order chi connectivity index (χ0) is 18.8. The molecule has 132 valence electrons. The normalized spacial score (nSPS) is 16.0. The minimum Gasteiger partial charge on any atom is -0.497 e. The molecule has 1 aliphatic heterocycles. The number of hydrogen-bond acceptors (Lipinski definition) is 4. The molecule has 1 aliphatic rings. The van der Waals surface area contributed by atoms with Crippen LogP contribution in [-0.2, 0) is 9.59 Å². The number of rotatable bonds is 3. The highest BCUT2D eigenvalue weighted by molar-refractivity contribution is 7.80. The molecule has 8 heteroatoms. The summed E-state index contributed by atoms with van der Waals surface area (Å²) in [5.41, 5.74) is 0.892. The Labute approximate surface area is 165 Å². The lowest BCUT2D eigenvalue weighted by Gasteiger charge is -2.29. The van der Waals surface area contributed by atoms with Crippen LogP contribution in [-0.4, -0.2) is 24.0 Å². The number of amides is 2. The molecule has 1 fully saturated rings. The van der Waals surface area contributed by atoms with Crippen molar-refractivity contribution in [1.82, 2.24) is 5.32 Å². The Kier molecular flexibility index (Phi) is 5.27. The molecule has 1 heterocycles. The third-order valence-electron chi connectivity index (χ3n) is 3.70. The van der Waals surface area contributed by atoms with Gasteiger partial charge in [-0.25, -0.2) is 0 Å². The van der Waals surface area contributed by atoms with E-state index in [2.05, 4.69) is 5.32 Å². The van der Waals surface area contributed by atoms with E-state index in [0.717, 1.165) is 4.90 Å². The summed E-state index contributed by atoms with van der Waals surface area (Å²) in [6.45, 7) is 0. The molecule has 0 bridgehead atoms. The van der Waals surface area contributed by atoms with Gasteiger partial charge in [0.25, 0.3) is 11.8 Å². The maximum absolute atomic E-state index is 12.9. The zero-order valence-electron chi connectivity index (χ0n) is 13.5. The van der Waals surface area contributed by atoms with E-state index < -0.39 is 11.8 Å². The van der Waals surface area contributed by atoms with Crippen LogP contribution in [0.15, 0.2) is 48.0 Å². The molecule has 2 aromatic rings. The van der Waals surface area contributed by atoms with E-state index in [4.69, 9.17) is 40.2 Å². The summed E-state index contributed by atoms with van der Waals surface area (Å²) in [5, 5.41) is 2.89. The molecular weight excluding hydrogens is 395 g/mol. The molecule has 5 nitrogen and oxygen atoms in total. The van der Waals surface area contributed by atoms with Crippen molar-refractivity contribution in [2.75, 3.05) is 12.0 Å². The van der Waals surface area contributed by atoms with E-state index in [1.54, 1.807) is 49.6 Å². The number of hydrogen-bond donors (Lipinski definition) is 1. The van der Waals surface area contributed by atoms with Gasteiger partial charge in [-0.2, -0.15) is 0 Å². The lowest BCUT2D eigenvalue weighted by atomic mass is 10.1. The number of ether oxygens (including phenoxy) is 1. The van der Waals surface area contributed by atoms with Crippen molar-refractivity contribution in [3.8, 4) is 5.75 Å². The van der Waals surface area contributed by atoms with E-state index >= 15 is 0 Å². The van der Waals surface area contributed by atoms with Crippen LogP contribution in [0.4, 0.5) is 5.69 Å². The highest BCUT2D eigenvalue weighted by Crippen LogP contribution is 2.34. The zero-order valence-corrected chi connectivity index (χ0v) is 15.8. The molecule has 0 radical (unpaired) electrons. The van der Waals surface area contributed by atoms with Crippen molar-refractivity contribution in [1.29, 1.82) is 0 Å². The van der Waals surface area contributed by atoms with E-state index in [9.17, 15) is 9.59 Å². The second-order valence-corrected chi connectivity index (χ2v) is 6.48. The van der Waals surface area contributed by atoms with Crippen molar-refractivity contribution in [2.45, 2.75) is 0 Å². The fourth-order valence-corrected chi connectivity index (χ4v) is 3.06. The third-order valence-corrected chi connectivity index (χ3v) is 4.79. The third kappa shape index (κ3) is 3.44. The highest BCUT2D eigenvalue weighted by Gasteiger charge is 2.35. The van der Waals surface area contributed by atoms with Gasteiger partial charge in [0.2, 0.25) is 0 Å². The number of methoxy groups -OCH3 is 1. The Bertz CT molecular complexity index is 942. The number of carbonyl (C=O) groups is 2. The van der Waals surface area contributed by atoms with Gasteiger partial charge in [-0.1, -0.05) is 41.4 Å². The maximum Gasteiger partial charge on any atom is 0.270 e. The summed E-state index contributed by atoms with van der Waals surface area (Å²) >= 11 is 17.4. The molecule has 1 saturated heterocycles. The lowest BCUT2D eigenvalue weighted by Crippen LogP contribution is -2.54. The van der Waals surface area contributed by atoms with Crippen molar-refractivity contribution in [2.24, 2.45) is 0 Å². The number of carbonyl (C=O) groups excluding carboxylic acids is 2. The SMILES string of the molecule is COc1ccc(/C=C2/C(=O)NC(=S)N(c3cccc(Cl)c3Cl)C2=O)cc1. The fraction of sp³-hybridized carbons (Fsp3) is 0.0556. The molecule has 0 aliphatic carbocycles. The van der Waals surface area contributed by atoms with Gasteiger partial charge < -0.3 is 4.74 Å². The first kappa shape index (κ1) is 18.4. The van der Waals surface area contributed by atoms with Crippen LogP contribution in [0, 0.1) is 0 Å². The van der Waals surface area contributed by atoms with Crippen molar-refractivity contribution < 1.29 is 14.3 Å². The predicted molar refractivity (Wildman–Crippen MR) is 106 cm³/mol. The minimum atomic E-state index is -0.585. The second-order valence-electron chi connectivity index (χ2n) is 5.30. The number of halogens is 2. The van der Waals surface area contributed by atoms with Gasteiger partial charge in [-0.3, -0.25) is 19.8 Å². The average molecular weight is 407 g/mol. The van der Waals surface area contributed by atoms with Crippen LogP contribution in [0.25, 0.3) is 6.08 Å². The van der Waals surface area contributed by atoms with E-state index in [0.29, 0.717) is 17.0 Å². The average Bonchev–Trinajstić information content (AvgIpc) is 2.62. The number of nitrogens with one attached hydrogen (secondary N) is 1. The summed E-state index contributed by atoms with van der Waals surface area (Å²) < 4.78 is 5.10. The molecule has 3 rings (SSSR count). The second kappa shape index (κ2) is 7.45. The largest absolute Gasteiger partial charge is 0.497 e. The highest BCUT2D eigenvalue weighted by atomic mass is 35.5. The molecule has 0 aromatic heterocycles. The molecule has 0 atom stereocenters. The van der Waals surface area contributed by atoms with E-state index in [-0.39, 0.29) is 20.7 Å². The standard InChI is InChI=1S/C18H12Cl2N2O3S/c1-25-11-7-5-10(6-8-11)9-12-16(23)21-18(26)22(17(12)24)14-4-2-3-13(19)15(14)20/h2-9H,1H3,(H,21,23,26)/b12-9-. The van der Waals surface area contributed by atoms with Crippen LogP contribution in [0.2, 0.25) is 10.0 Å². The minimum absolute atomic E-state index is 0.0592. The Morgan fingerprint density at radius 3 is 2.46 bits per heavy atom. The number of thiocarbonyl (C=S) groups is 1. The van der Waals surface area contributed by atoms with Crippen LogP contribution in [0.1, 0.15) is 5.56 Å². The van der Waals surface area contributed by atoms with Crippen LogP contribution >= 0.6 is 35.4 Å². The molecule has 0 saturated carbocycles. The first-order valence-corrected chi connectivity index (χ1v) is 8.58. The van der Waals surface area contributed by atoms with Crippen molar-refractivity contribution >= 4 is 64.1 Å². The van der Waals surface area contributed by atoms with Crippen LogP contribution in [0.3, 0.4) is 0 Å². The lowest BCUT2D eigenvalue weighted by molar-refractivity contribution is -0.122. The number of anilines is 1. The summed E-state index contributed by atoms with van der Waals surface area (Å²) in [5.74, 6) is -0.496. The van der Waals surface area contributed by atoms with Gasteiger partial charge in [0.15, 0.2) is 5.11 Å². The van der Waals surface area contributed by atoms with Gasteiger partial charge in [0.05, 0.1) is 22.8 Å². The summed E-state index contributed by atoms with van der Waals surface area (Å²) in [6.07, 6.45) is 1.48. The van der Waals surface area contributed by atoms with Gasteiger partial charge in [0, 0.05) is 0 Å². The Morgan fingerprint density at radius 1 is 1.12 bits per heavy atom. The Morgan fingerprint density at radius 2 is 1.81 bits per heavy atom. The Hall–Kier alpha value is -2.41. The molecule has 0 spiro atoms. The van der Waals surface area contributed by atoms with Gasteiger partial charge in [0.1, 0.15) is 11.3 Å². The molecule has 0 unspecified atom stereocenters. The first-order chi connectivity index (χ1) is 12.4. The Balaban J connectivity index is 2.02. The monoisotopic (exact) mass is 406 g/mol. The summed E-state index contributed by atoms with van der Waals surface area (Å²) in [4.78, 5) is 26.3. The summed E-state index contributed by atoms with van der Waals surface area (Å²) in [7, 11) is 1.55. The summed E-state index contributed by atoms with van der Waals surface area (Å²) in [6, 6.07) is 11.8. The van der Waals surface area contributed by atoms with E-state index in [1.807, 2.05) is 0 Å². The topological polar surface area (TPSA) is 58.6 Å². The van der Waals surface area contributed by atoms with Crippen molar-refractivity contribution in [3.05, 3.63) is 63.6 Å². The quantitative estimate of drug-likeness (QED) is 0.477. The fourth-order valence-electron chi connectivity index (χ4n) is 2.41. The number of benzene rings is 2. The smallest absolute Gasteiger partial charge is 0.270 e. The molecule has 2 amide bonds. The van der Waals surface area contributed by atoms with Gasteiger partial charge in [-0.05, 0) is 48.1 Å². The molecule has 26 heavy (non-hydrogen) atoms. The molecule has 1 N–H and O–H groups in total.